The lowest BCUT2D eigenvalue weighted by atomic mass is 10.2. The summed E-state index contributed by atoms with van der Waals surface area (Å²) in [6.07, 6.45) is 6.83. The molecule has 1 aromatic heterocycles. The summed E-state index contributed by atoms with van der Waals surface area (Å²) >= 11 is 0. The maximum absolute atomic E-state index is 11.4. The third-order valence-corrected chi connectivity index (χ3v) is 4.38. The largest absolute Gasteiger partial charge is 0.353 e. The zero-order valence-corrected chi connectivity index (χ0v) is 12.6. The van der Waals surface area contributed by atoms with Gasteiger partial charge >= 0.3 is 0 Å². The number of piperazine rings is 1. The van der Waals surface area contributed by atoms with Gasteiger partial charge in [0.1, 0.15) is 5.82 Å². The van der Waals surface area contributed by atoms with Crippen molar-refractivity contribution in [3.8, 4) is 0 Å². The molecule has 1 aliphatic carbocycles. The van der Waals surface area contributed by atoms with E-state index in [0.29, 0.717) is 6.04 Å². The zero-order valence-electron chi connectivity index (χ0n) is 12.6. The predicted octanol–water partition coefficient (Wildman–Crippen LogP) is 1.50. The van der Waals surface area contributed by atoms with Crippen molar-refractivity contribution < 1.29 is 4.79 Å². The van der Waals surface area contributed by atoms with Crippen molar-refractivity contribution in [3.63, 3.8) is 0 Å². The van der Waals surface area contributed by atoms with Crippen LogP contribution in [0.15, 0.2) is 12.3 Å². The van der Waals surface area contributed by atoms with Crippen molar-refractivity contribution in [1.29, 1.82) is 0 Å². The maximum atomic E-state index is 11.4. The highest BCUT2D eigenvalue weighted by molar-refractivity contribution is 5.73. The minimum Gasteiger partial charge on any atom is -0.353 e. The van der Waals surface area contributed by atoms with E-state index in [-0.39, 0.29) is 5.91 Å². The van der Waals surface area contributed by atoms with Crippen LogP contribution in [-0.4, -0.2) is 53.0 Å². The van der Waals surface area contributed by atoms with Crippen molar-refractivity contribution in [1.82, 2.24) is 14.9 Å². The number of rotatable bonds is 3. The smallest absolute Gasteiger partial charge is 0.224 e. The van der Waals surface area contributed by atoms with E-state index in [4.69, 9.17) is 0 Å². The Hall–Kier alpha value is -1.85. The van der Waals surface area contributed by atoms with E-state index in [2.05, 4.69) is 20.2 Å². The SMILES string of the molecule is CC(=O)N1CCN(c2ccnc(NC3CCCC3)n2)CC1. The van der Waals surface area contributed by atoms with Gasteiger partial charge in [0.05, 0.1) is 0 Å². The van der Waals surface area contributed by atoms with E-state index >= 15 is 0 Å². The third-order valence-electron chi connectivity index (χ3n) is 4.38. The van der Waals surface area contributed by atoms with E-state index in [1.807, 2.05) is 17.2 Å². The summed E-state index contributed by atoms with van der Waals surface area (Å²) in [5, 5.41) is 3.43. The Balaban J connectivity index is 1.62. The maximum Gasteiger partial charge on any atom is 0.224 e. The Bertz CT molecular complexity index is 493. The summed E-state index contributed by atoms with van der Waals surface area (Å²) in [7, 11) is 0. The molecule has 0 aromatic carbocycles. The molecule has 21 heavy (non-hydrogen) atoms. The number of carbonyl (C=O) groups is 1. The van der Waals surface area contributed by atoms with Crippen LogP contribution in [-0.2, 0) is 4.79 Å². The first-order chi connectivity index (χ1) is 10.2. The molecular weight excluding hydrogens is 266 g/mol. The number of anilines is 2. The first kappa shape index (κ1) is 14.1. The van der Waals surface area contributed by atoms with Gasteiger partial charge in [-0.3, -0.25) is 4.79 Å². The predicted molar refractivity (Wildman–Crippen MR) is 82.4 cm³/mol. The van der Waals surface area contributed by atoms with Crippen LogP contribution >= 0.6 is 0 Å². The lowest BCUT2D eigenvalue weighted by Gasteiger charge is -2.34. The van der Waals surface area contributed by atoms with Gasteiger partial charge in [0.2, 0.25) is 11.9 Å². The summed E-state index contributed by atoms with van der Waals surface area (Å²) in [5.74, 6) is 1.84. The molecule has 0 atom stereocenters. The molecule has 1 aromatic rings. The van der Waals surface area contributed by atoms with Crippen LogP contribution < -0.4 is 10.2 Å². The molecule has 1 N–H and O–H groups in total. The molecular formula is C15H23N5O. The van der Waals surface area contributed by atoms with Crippen molar-refractivity contribution in [2.45, 2.75) is 38.6 Å². The molecule has 0 radical (unpaired) electrons. The van der Waals surface area contributed by atoms with Gasteiger partial charge in [0.15, 0.2) is 0 Å². The van der Waals surface area contributed by atoms with Crippen LogP contribution in [0, 0.1) is 0 Å². The molecule has 1 saturated heterocycles. The highest BCUT2D eigenvalue weighted by Crippen LogP contribution is 2.22. The van der Waals surface area contributed by atoms with Gasteiger partial charge in [-0.05, 0) is 18.9 Å². The fourth-order valence-electron chi connectivity index (χ4n) is 3.10. The molecule has 2 aliphatic rings. The Kier molecular flexibility index (Phi) is 4.22. The fourth-order valence-corrected chi connectivity index (χ4v) is 3.10. The van der Waals surface area contributed by atoms with Crippen molar-refractivity contribution >= 4 is 17.7 Å². The first-order valence-electron chi connectivity index (χ1n) is 7.82. The molecule has 3 rings (SSSR count). The fraction of sp³-hybridized carbons (Fsp3) is 0.667. The molecule has 1 amide bonds. The second-order valence-corrected chi connectivity index (χ2v) is 5.86. The van der Waals surface area contributed by atoms with Gasteiger partial charge in [-0.1, -0.05) is 12.8 Å². The number of carbonyl (C=O) groups excluding carboxylic acids is 1. The minimum atomic E-state index is 0.154. The number of hydrogen-bond acceptors (Lipinski definition) is 5. The zero-order chi connectivity index (χ0) is 14.7. The summed E-state index contributed by atoms with van der Waals surface area (Å²) < 4.78 is 0. The average Bonchev–Trinajstić information content (AvgIpc) is 3.00. The summed E-state index contributed by atoms with van der Waals surface area (Å²) in [6.45, 7) is 4.83. The Morgan fingerprint density at radius 2 is 1.95 bits per heavy atom. The number of nitrogens with zero attached hydrogens (tertiary/aromatic N) is 4. The van der Waals surface area contributed by atoms with Crippen molar-refractivity contribution in [3.05, 3.63) is 12.3 Å². The number of nitrogens with one attached hydrogen (secondary N) is 1. The molecule has 6 nitrogen and oxygen atoms in total. The average molecular weight is 289 g/mol. The highest BCUT2D eigenvalue weighted by atomic mass is 16.2. The summed E-state index contributed by atoms with van der Waals surface area (Å²) in [4.78, 5) is 24.4. The Morgan fingerprint density at radius 3 is 2.62 bits per heavy atom. The van der Waals surface area contributed by atoms with Crippen molar-refractivity contribution in [2.24, 2.45) is 0 Å². The third kappa shape index (κ3) is 3.43. The van der Waals surface area contributed by atoms with Gasteiger partial charge in [-0.2, -0.15) is 4.98 Å². The lowest BCUT2D eigenvalue weighted by Crippen LogP contribution is -2.48. The molecule has 0 spiro atoms. The Morgan fingerprint density at radius 1 is 1.24 bits per heavy atom. The second-order valence-electron chi connectivity index (χ2n) is 5.86. The van der Waals surface area contributed by atoms with Crippen LogP contribution in [0.5, 0.6) is 0 Å². The van der Waals surface area contributed by atoms with Gasteiger partial charge in [-0.15, -0.1) is 0 Å². The number of amides is 1. The first-order valence-corrected chi connectivity index (χ1v) is 7.82. The molecule has 6 heteroatoms. The van der Waals surface area contributed by atoms with E-state index in [0.717, 1.165) is 37.9 Å². The molecule has 114 valence electrons. The van der Waals surface area contributed by atoms with Crippen LogP contribution in [0.25, 0.3) is 0 Å². The monoisotopic (exact) mass is 289 g/mol. The molecule has 2 fully saturated rings. The van der Waals surface area contributed by atoms with Gasteiger partial charge in [0.25, 0.3) is 0 Å². The molecule has 0 unspecified atom stereocenters. The van der Waals surface area contributed by atoms with Crippen LogP contribution in [0.4, 0.5) is 11.8 Å². The van der Waals surface area contributed by atoms with Crippen LogP contribution in [0.2, 0.25) is 0 Å². The standard InChI is InChI=1S/C15H23N5O/c1-12(21)19-8-10-20(11-9-19)14-6-7-16-15(18-14)17-13-4-2-3-5-13/h6-7,13H,2-5,8-11H2,1H3,(H,16,17,18). The highest BCUT2D eigenvalue weighted by Gasteiger charge is 2.20. The Labute approximate surface area is 125 Å². The second kappa shape index (κ2) is 6.28. The number of aromatic nitrogens is 2. The van der Waals surface area contributed by atoms with Gasteiger partial charge in [0, 0.05) is 45.3 Å². The van der Waals surface area contributed by atoms with E-state index in [1.54, 1.807) is 6.92 Å². The minimum absolute atomic E-state index is 0.154. The lowest BCUT2D eigenvalue weighted by molar-refractivity contribution is -0.129. The van der Waals surface area contributed by atoms with Crippen LogP contribution in [0.1, 0.15) is 32.6 Å². The summed E-state index contributed by atoms with van der Waals surface area (Å²) in [5.41, 5.74) is 0. The van der Waals surface area contributed by atoms with Gasteiger partial charge in [-0.25, -0.2) is 4.98 Å². The van der Waals surface area contributed by atoms with Crippen molar-refractivity contribution in [2.75, 3.05) is 36.4 Å². The van der Waals surface area contributed by atoms with E-state index in [9.17, 15) is 4.79 Å². The van der Waals surface area contributed by atoms with Crippen LogP contribution in [0.3, 0.4) is 0 Å². The molecule has 0 bridgehead atoms. The van der Waals surface area contributed by atoms with E-state index in [1.165, 1.54) is 25.7 Å². The molecule has 2 heterocycles. The quantitative estimate of drug-likeness (QED) is 0.913. The topological polar surface area (TPSA) is 61.4 Å². The molecule has 1 aliphatic heterocycles. The molecule has 1 saturated carbocycles. The summed E-state index contributed by atoms with van der Waals surface area (Å²) in [6, 6.07) is 2.47. The number of hydrogen-bond donors (Lipinski definition) is 1. The van der Waals surface area contributed by atoms with E-state index < -0.39 is 0 Å². The van der Waals surface area contributed by atoms with Gasteiger partial charge < -0.3 is 15.1 Å². The normalized spacial score (nSPS) is 19.9.